The van der Waals surface area contributed by atoms with Crippen LogP contribution in [0.2, 0.25) is 0 Å². The van der Waals surface area contributed by atoms with Crippen molar-refractivity contribution < 1.29 is 22.7 Å². The van der Waals surface area contributed by atoms with Gasteiger partial charge in [-0.1, -0.05) is 0 Å². The second-order valence-electron chi connectivity index (χ2n) is 4.52. The molecule has 100 valence electrons. The van der Waals surface area contributed by atoms with Crippen molar-refractivity contribution in [2.45, 2.75) is 32.5 Å². The van der Waals surface area contributed by atoms with Gasteiger partial charge in [0.15, 0.2) is 0 Å². The molecular formula is C11H13F3N2O2. The highest BCUT2D eigenvalue weighted by molar-refractivity contribution is 5.84. The molecule has 0 aliphatic carbocycles. The lowest BCUT2D eigenvalue weighted by Crippen LogP contribution is -2.28. The Labute approximate surface area is 102 Å². The highest BCUT2D eigenvalue weighted by Crippen LogP contribution is 2.33. The zero-order chi connectivity index (χ0) is 14.0. The summed E-state index contributed by atoms with van der Waals surface area (Å²) < 4.78 is 42.7. The molecule has 7 heteroatoms. The number of nitrogens with one attached hydrogen (secondary N) is 1. The quantitative estimate of drug-likeness (QED) is 0.843. The molecule has 0 aliphatic rings. The summed E-state index contributed by atoms with van der Waals surface area (Å²) in [6.07, 6.45) is -4.41. The minimum atomic E-state index is -4.58. The lowest BCUT2D eigenvalue weighted by atomic mass is 10.2. The third-order valence-corrected chi connectivity index (χ3v) is 1.73. The van der Waals surface area contributed by atoms with E-state index in [-0.39, 0.29) is 0 Å². The van der Waals surface area contributed by atoms with Crippen LogP contribution in [0.3, 0.4) is 0 Å². The predicted octanol–water partition coefficient (Wildman–Crippen LogP) is 3.45. The molecule has 1 heterocycles. The van der Waals surface area contributed by atoms with Crippen LogP contribution >= 0.6 is 0 Å². The highest BCUT2D eigenvalue weighted by Gasteiger charge is 2.34. The summed E-state index contributed by atoms with van der Waals surface area (Å²) in [5.74, 6) is -0.570. The Morgan fingerprint density at radius 1 is 1.33 bits per heavy atom. The number of halogens is 3. The molecule has 1 amide bonds. The van der Waals surface area contributed by atoms with Gasteiger partial charge in [-0.2, -0.15) is 13.2 Å². The number of nitrogens with zero attached hydrogens (tertiary/aromatic N) is 1. The number of hydrogen-bond acceptors (Lipinski definition) is 3. The topological polar surface area (TPSA) is 51.2 Å². The van der Waals surface area contributed by atoms with E-state index >= 15 is 0 Å². The van der Waals surface area contributed by atoms with Gasteiger partial charge in [-0.05, 0) is 32.9 Å². The fourth-order valence-corrected chi connectivity index (χ4v) is 1.13. The molecule has 4 nitrogen and oxygen atoms in total. The number of carbonyl (C=O) groups excluding carboxylic acids is 1. The molecule has 0 unspecified atom stereocenters. The second kappa shape index (κ2) is 4.83. The SMILES string of the molecule is CC(C)(C)OC(=O)Nc1ncccc1C(F)(F)F. The minimum absolute atomic E-state index is 0.570. The molecule has 1 aromatic heterocycles. The molecule has 0 saturated carbocycles. The first-order valence-electron chi connectivity index (χ1n) is 5.12. The van der Waals surface area contributed by atoms with Gasteiger partial charge < -0.3 is 4.74 Å². The summed E-state index contributed by atoms with van der Waals surface area (Å²) in [6.45, 7) is 4.82. The van der Waals surface area contributed by atoms with E-state index in [0.717, 1.165) is 18.3 Å². The van der Waals surface area contributed by atoms with Gasteiger partial charge in [0.25, 0.3) is 0 Å². The molecule has 0 aromatic carbocycles. The molecule has 0 atom stereocenters. The normalized spacial score (nSPS) is 12.1. The van der Waals surface area contributed by atoms with Crippen molar-refractivity contribution in [2.75, 3.05) is 5.32 Å². The molecule has 0 spiro atoms. The fraction of sp³-hybridized carbons (Fsp3) is 0.455. The Morgan fingerprint density at radius 2 is 1.94 bits per heavy atom. The maximum absolute atomic E-state index is 12.6. The van der Waals surface area contributed by atoms with Gasteiger partial charge in [-0.3, -0.25) is 5.32 Å². The van der Waals surface area contributed by atoms with E-state index in [1.54, 1.807) is 20.8 Å². The van der Waals surface area contributed by atoms with Crippen molar-refractivity contribution in [2.24, 2.45) is 0 Å². The van der Waals surface area contributed by atoms with E-state index in [4.69, 9.17) is 4.74 Å². The van der Waals surface area contributed by atoms with Crippen molar-refractivity contribution in [3.05, 3.63) is 23.9 Å². The first-order valence-corrected chi connectivity index (χ1v) is 5.12. The van der Waals surface area contributed by atoms with Crippen LogP contribution in [0, 0.1) is 0 Å². The first-order chi connectivity index (χ1) is 8.09. The summed E-state index contributed by atoms with van der Waals surface area (Å²) in [5.41, 5.74) is -1.81. The van der Waals surface area contributed by atoms with Crippen LogP contribution in [-0.2, 0) is 10.9 Å². The number of alkyl halides is 3. The average molecular weight is 262 g/mol. The largest absolute Gasteiger partial charge is 0.444 e. The van der Waals surface area contributed by atoms with Crippen LogP contribution in [0.1, 0.15) is 26.3 Å². The van der Waals surface area contributed by atoms with Crippen molar-refractivity contribution in [1.82, 2.24) is 4.98 Å². The summed E-state index contributed by atoms with van der Waals surface area (Å²) in [5, 5.41) is 1.98. The van der Waals surface area contributed by atoms with Gasteiger partial charge >= 0.3 is 12.3 Å². The van der Waals surface area contributed by atoms with E-state index in [9.17, 15) is 18.0 Å². The third-order valence-electron chi connectivity index (χ3n) is 1.73. The van der Waals surface area contributed by atoms with Crippen LogP contribution in [0.15, 0.2) is 18.3 Å². The van der Waals surface area contributed by atoms with Gasteiger partial charge in [-0.25, -0.2) is 9.78 Å². The van der Waals surface area contributed by atoms with Crippen LogP contribution in [0.25, 0.3) is 0 Å². The van der Waals surface area contributed by atoms with Crippen molar-refractivity contribution >= 4 is 11.9 Å². The summed E-state index contributed by atoms with van der Waals surface area (Å²) in [4.78, 5) is 14.8. The zero-order valence-corrected chi connectivity index (χ0v) is 10.1. The Kier molecular flexibility index (Phi) is 3.83. The molecule has 0 radical (unpaired) electrons. The van der Waals surface area contributed by atoms with Gasteiger partial charge in [0.05, 0.1) is 5.56 Å². The number of anilines is 1. The number of amides is 1. The van der Waals surface area contributed by atoms with E-state index in [0.29, 0.717) is 0 Å². The Bertz CT molecular complexity index is 439. The summed E-state index contributed by atoms with van der Waals surface area (Å²) in [6, 6.07) is 1.97. The second-order valence-corrected chi connectivity index (χ2v) is 4.52. The standard InChI is InChI=1S/C11H13F3N2O2/c1-10(2,3)18-9(17)16-8-7(11(12,13)14)5-4-6-15-8/h4-6H,1-3H3,(H,15,16,17). The third kappa shape index (κ3) is 4.23. The minimum Gasteiger partial charge on any atom is -0.444 e. The maximum atomic E-state index is 12.6. The molecule has 1 N–H and O–H groups in total. The fourth-order valence-electron chi connectivity index (χ4n) is 1.13. The van der Waals surface area contributed by atoms with E-state index in [2.05, 4.69) is 4.98 Å². The van der Waals surface area contributed by atoms with E-state index in [1.165, 1.54) is 0 Å². The number of aromatic nitrogens is 1. The molecule has 18 heavy (non-hydrogen) atoms. The first kappa shape index (κ1) is 14.3. The number of carbonyl (C=O) groups is 1. The van der Waals surface area contributed by atoms with Crippen molar-refractivity contribution in [1.29, 1.82) is 0 Å². The number of hydrogen-bond donors (Lipinski definition) is 1. The lowest BCUT2D eigenvalue weighted by molar-refractivity contribution is -0.137. The number of pyridine rings is 1. The smallest absolute Gasteiger partial charge is 0.419 e. The lowest BCUT2D eigenvalue weighted by Gasteiger charge is -2.20. The number of ether oxygens (including phenoxy) is 1. The summed E-state index contributed by atoms with van der Waals surface area (Å²) in [7, 11) is 0. The number of rotatable bonds is 1. The van der Waals surface area contributed by atoms with Gasteiger partial charge in [0.2, 0.25) is 0 Å². The Morgan fingerprint density at radius 3 is 2.44 bits per heavy atom. The maximum Gasteiger partial charge on any atom is 0.419 e. The highest BCUT2D eigenvalue weighted by atomic mass is 19.4. The summed E-state index contributed by atoms with van der Waals surface area (Å²) >= 11 is 0. The molecule has 1 aromatic rings. The Hall–Kier alpha value is -1.79. The molecule has 0 aliphatic heterocycles. The predicted molar refractivity (Wildman–Crippen MR) is 59.1 cm³/mol. The van der Waals surface area contributed by atoms with Gasteiger partial charge in [0, 0.05) is 6.20 Å². The van der Waals surface area contributed by atoms with Crippen molar-refractivity contribution in [3.63, 3.8) is 0 Å². The molecule has 0 saturated heterocycles. The van der Waals surface area contributed by atoms with Crippen LogP contribution in [-0.4, -0.2) is 16.7 Å². The Balaban J connectivity index is 2.89. The van der Waals surface area contributed by atoms with Crippen LogP contribution in [0.4, 0.5) is 23.8 Å². The monoisotopic (exact) mass is 262 g/mol. The van der Waals surface area contributed by atoms with Crippen molar-refractivity contribution in [3.8, 4) is 0 Å². The zero-order valence-electron chi connectivity index (χ0n) is 10.1. The van der Waals surface area contributed by atoms with E-state index < -0.39 is 29.3 Å². The van der Waals surface area contributed by atoms with Gasteiger partial charge in [-0.15, -0.1) is 0 Å². The van der Waals surface area contributed by atoms with Gasteiger partial charge in [0.1, 0.15) is 11.4 Å². The van der Waals surface area contributed by atoms with E-state index in [1.807, 2.05) is 5.32 Å². The molecule has 0 bridgehead atoms. The molecule has 0 fully saturated rings. The molecular weight excluding hydrogens is 249 g/mol. The average Bonchev–Trinajstić information content (AvgIpc) is 2.13. The molecule has 1 rings (SSSR count). The van der Waals surface area contributed by atoms with Crippen LogP contribution in [0.5, 0.6) is 0 Å². The van der Waals surface area contributed by atoms with Crippen LogP contribution < -0.4 is 5.32 Å².